The Hall–Kier alpha value is -3.35. The molecule has 0 aliphatic carbocycles. The van der Waals surface area contributed by atoms with Gasteiger partial charge < -0.3 is 14.8 Å². The number of aromatic nitrogens is 2. The number of amides is 1. The number of hydrogen-bond acceptors (Lipinski definition) is 5. The number of benzene rings is 2. The lowest BCUT2D eigenvalue weighted by Gasteiger charge is -2.14. The first kappa shape index (κ1) is 20.4. The first-order valence-corrected chi connectivity index (χ1v) is 9.67. The van der Waals surface area contributed by atoms with Gasteiger partial charge in [-0.25, -0.2) is 4.79 Å². The second-order valence-corrected chi connectivity index (χ2v) is 6.85. The normalized spacial score (nSPS) is 10.8. The Bertz CT molecular complexity index is 1030. The summed E-state index contributed by atoms with van der Waals surface area (Å²) in [6.07, 6.45) is 1.95. The molecule has 0 aliphatic rings. The van der Waals surface area contributed by atoms with Gasteiger partial charge in [-0.15, -0.1) is 0 Å². The first-order chi connectivity index (χ1) is 13.9. The van der Waals surface area contributed by atoms with Crippen molar-refractivity contribution in [3.8, 4) is 11.5 Å². The topological polar surface area (TPSA) is 93.3 Å². The van der Waals surface area contributed by atoms with Crippen molar-refractivity contribution in [1.29, 1.82) is 0 Å². The average Bonchev–Trinajstić information content (AvgIpc) is 3.07. The highest BCUT2D eigenvalue weighted by molar-refractivity contribution is 6.37. The summed E-state index contributed by atoms with van der Waals surface area (Å²) in [6.45, 7) is 7.71. The highest BCUT2D eigenvalue weighted by atomic mass is 16.5. The van der Waals surface area contributed by atoms with Crippen LogP contribution in [0.2, 0.25) is 0 Å². The van der Waals surface area contributed by atoms with Crippen LogP contribution in [-0.2, 0) is 20.7 Å². The molecule has 2 aromatic carbocycles. The van der Waals surface area contributed by atoms with Crippen LogP contribution < -0.4 is 10.1 Å². The fourth-order valence-corrected chi connectivity index (χ4v) is 3.23. The molecule has 0 unspecified atom stereocenters. The lowest BCUT2D eigenvalue weighted by molar-refractivity contribution is -0.152. The van der Waals surface area contributed by atoms with E-state index in [9.17, 15) is 9.59 Å². The molecular weight excluding hydrogens is 370 g/mol. The maximum atomic E-state index is 11.9. The molecule has 1 heterocycles. The SMILES string of the molecule is CCCc1[nH]nc2ccc(Oc3c(C)cc(NC(=O)C(=O)OCC)cc3C)cc12. The summed E-state index contributed by atoms with van der Waals surface area (Å²) in [5.74, 6) is -0.280. The molecule has 0 aliphatic heterocycles. The molecular formula is C22H25N3O4. The van der Waals surface area contributed by atoms with Gasteiger partial charge in [0, 0.05) is 16.8 Å². The molecule has 7 heteroatoms. The van der Waals surface area contributed by atoms with Gasteiger partial charge in [0.1, 0.15) is 11.5 Å². The lowest BCUT2D eigenvalue weighted by Crippen LogP contribution is -2.25. The van der Waals surface area contributed by atoms with Crippen LogP contribution in [0.15, 0.2) is 30.3 Å². The van der Waals surface area contributed by atoms with E-state index in [0.717, 1.165) is 40.6 Å². The molecule has 0 saturated heterocycles. The van der Waals surface area contributed by atoms with Crippen LogP contribution in [0.3, 0.4) is 0 Å². The number of anilines is 1. The van der Waals surface area contributed by atoms with Crippen LogP contribution >= 0.6 is 0 Å². The van der Waals surface area contributed by atoms with E-state index in [1.54, 1.807) is 19.1 Å². The Morgan fingerprint density at radius 2 is 1.83 bits per heavy atom. The van der Waals surface area contributed by atoms with Crippen molar-refractivity contribution < 1.29 is 19.1 Å². The highest BCUT2D eigenvalue weighted by Gasteiger charge is 2.16. The Labute approximate surface area is 169 Å². The van der Waals surface area contributed by atoms with Crippen LogP contribution in [0.1, 0.15) is 37.1 Å². The van der Waals surface area contributed by atoms with Crippen molar-refractivity contribution in [2.75, 3.05) is 11.9 Å². The smallest absolute Gasteiger partial charge is 0.397 e. The van der Waals surface area contributed by atoms with Crippen LogP contribution in [0.5, 0.6) is 11.5 Å². The standard InChI is InChI=1S/C22H25N3O4/c1-5-7-18-17-12-16(8-9-19(17)25-24-18)29-20-13(3)10-15(11-14(20)4)23-21(26)22(27)28-6-2/h8-12H,5-7H2,1-4H3,(H,23,26)(H,24,25). The van der Waals surface area contributed by atoms with E-state index < -0.39 is 11.9 Å². The third-order valence-electron chi connectivity index (χ3n) is 4.50. The maximum Gasteiger partial charge on any atom is 0.397 e. The molecule has 152 valence electrons. The van der Waals surface area contributed by atoms with Gasteiger partial charge >= 0.3 is 11.9 Å². The van der Waals surface area contributed by atoms with Gasteiger partial charge in [0.15, 0.2) is 0 Å². The van der Waals surface area contributed by atoms with E-state index >= 15 is 0 Å². The predicted molar refractivity (Wildman–Crippen MR) is 111 cm³/mol. The van der Waals surface area contributed by atoms with Gasteiger partial charge in [-0.05, 0) is 68.7 Å². The Kier molecular flexibility index (Phi) is 6.16. The fraction of sp³-hybridized carbons (Fsp3) is 0.318. The van der Waals surface area contributed by atoms with Crippen LogP contribution in [-0.4, -0.2) is 28.7 Å². The number of ether oxygens (including phenoxy) is 2. The molecule has 0 saturated carbocycles. The van der Waals surface area contributed by atoms with Gasteiger partial charge in [-0.2, -0.15) is 5.10 Å². The minimum absolute atomic E-state index is 0.151. The third-order valence-corrected chi connectivity index (χ3v) is 4.50. The number of rotatable bonds is 6. The summed E-state index contributed by atoms with van der Waals surface area (Å²) in [7, 11) is 0. The van der Waals surface area contributed by atoms with Crippen molar-refractivity contribution in [2.45, 2.75) is 40.5 Å². The summed E-state index contributed by atoms with van der Waals surface area (Å²) < 4.78 is 10.9. The number of fused-ring (bicyclic) bond motifs is 1. The molecule has 2 N–H and O–H groups in total. The van der Waals surface area contributed by atoms with E-state index in [1.807, 2.05) is 32.0 Å². The largest absolute Gasteiger partial charge is 0.459 e. The zero-order valence-corrected chi connectivity index (χ0v) is 17.1. The molecule has 1 amide bonds. The minimum atomic E-state index is -0.903. The molecule has 29 heavy (non-hydrogen) atoms. The monoisotopic (exact) mass is 395 g/mol. The van der Waals surface area contributed by atoms with E-state index in [4.69, 9.17) is 9.47 Å². The molecule has 3 aromatic rings. The van der Waals surface area contributed by atoms with E-state index in [0.29, 0.717) is 17.2 Å². The van der Waals surface area contributed by atoms with Crippen molar-refractivity contribution in [3.05, 3.63) is 47.2 Å². The van der Waals surface area contributed by atoms with Gasteiger partial charge in [-0.1, -0.05) is 13.3 Å². The number of aryl methyl sites for hydroxylation is 3. The van der Waals surface area contributed by atoms with Gasteiger partial charge in [0.2, 0.25) is 0 Å². The lowest BCUT2D eigenvalue weighted by atomic mass is 10.1. The molecule has 0 bridgehead atoms. The second-order valence-electron chi connectivity index (χ2n) is 6.85. The van der Waals surface area contributed by atoms with Crippen LogP contribution in [0.4, 0.5) is 5.69 Å². The summed E-state index contributed by atoms with van der Waals surface area (Å²) in [5.41, 5.74) is 4.20. The van der Waals surface area contributed by atoms with Gasteiger partial charge in [-0.3, -0.25) is 9.89 Å². The van der Waals surface area contributed by atoms with E-state index in [2.05, 4.69) is 22.4 Å². The predicted octanol–water partition coefficient (Wildman–Crippen LogP) is 4.43. The van der Waals surface area contributed by atoms with Crippen molar-refractivity contribution in [1.82, 2.24) is 10.2 Å². The maximum absolute atomic E-state index is 11.9. The molecule has 1 aromatic heterocycles. The molecule has 0 spiro atoms. The van der Waals surface area contributed by atoms with Gasteiger partial charge in [0.05, 0.1) is 12.1 Å². The van der Waals surface area contributed by atoms with E-state index in [-0.39, 0.29) is 6.61 Å². The molecule has 0 fully saturated rings. The molecule has 0 atom stereocenters. The number of hydrogen-bond donors (Lipinski definition) is 2. The summed E-state index contributed by atoms with van der Waals surface area (Å²) >= 11 is 0. The number of aromatic amines is 1. The fourth-order valence-electron chi connectivity index (χ4n) is 3.23. The van der Waals surface area contributed by atoms with Crippen LogP contribution in [0, 0.1) is 13.8 Å². The Balaban J connectivity index is 1.83. The Morgan fingerprint density at radius 1 is 1.10 bits per heavy atom. The Morgan fingerprint density at radius 3 is 2.48 bits per heavy atom. The van der Waals surface area contributed by atoms with Gasteiger partial charge in [0.25, 0.3) is 0 Å². The summed E-state index contributed by atoms with van der Waals surface area (Å²) in [4.78, 5) is 23.4. The minimum Gasteiger partial charge on any atom is -0.459 e. The molecule has 0 radical (unpaired) electrons. The molecule has 3 rings (SSSR count). The number of carbonyl (C=O) groups is 2. The summed E-state index contributed by atoms with van der Waals surface area (Å²) in [6, 6.07) is 9.32. The quantitative estimate of drug-likeness (QED) is 0.476. The third kappa shape index (κ3) is 4.56. The zero-order chi connectivity index (χ0) is 21.0. The van der Waals surface area contributed by atoms with E-state index in [1.165, 1.54) is 0 Å². The number of nitrogens with one attached hydrogen (secondary N) is 2. The van der Waals surface area contributed by atoms with Crippen LogP contribution in [0.25, 0.3) is 10.9 Å². The number of esters is 1. The highest BCUT2D eigenvalue weighted by Crippen LogP contribution is 2.33. The number of carbonyl (C=O) groups excluding carboxylic acids is 2. The first-order valence-electron chi connectivity index (χ1n) is 9.67. The van der Waals surface area contributed by atoms with Crippen molar-refractivity contribution >= 4 is 28.5 Å². The van der Waals surface area contributed by atoms with Crippen molar-refractivity contribution in [3.63, 3.8) is 0 Å². The number of nitrogens with zero attached hydrogens (tertiary/aromatic N) is 1. The average molecular weight is 395 g/mol. The van der Waals surface area contributed by atoms with Crippen molar-refractivity contribution in [2.24, 2.45) is 0 Å². The molecule has 7 nitrogen and oxygen atoms in total. The number of H-pyrrole nitrogens is 1. The second kappa shape index (κ2) is 8.77. The zero-order valence-electron chi connectivity index (χ0n) is 17.1. The summed E-state index contributed by atoms with van der Waals surface area (Å²) in [5, 5.41) is 11.0.